The highest BCUT2D eigenvalue weighted by Crippen LogP contribution is 2.44. The smallest absolute Gasteiger partial charge is 0.339 e. The number of hydrogen-bond acceptors (Lipinski definition) is 4. The van der Waals surface area contributed by atoms with Crippen molar-refractivity contribution in [3.05, 3.63) is 53.0 Å². The molecule has 2 heterocycles. The second-order valence-corrected chi connectivity index (χ2v) is 5.20. The number of nitrogens with zero attached hydrogens (tertiary/aromatic N) is 2. The first-order valence-electron chi connectivity index (χ1n) is 7.12. The molecule has 0 bridgehead atoms. The van der Waals surface area contributed by atoms with Gasteiger partial charge < -0.3 is 5.11 Å². The minimum Gasteiger partial charge on any atom is -0.339 e. The number of halogens is 8. The third-order valence-corrected chi connectivity index (χ3v) is 3.46. The molecule has 0 saturated heterocycles. The molecule has 12 heteroatoms. The third-order valence-electron chi connectivity index (χ3n) is 3.46. The van der Waals surface area contributed by atoms with Gasteiger partial charge in [-0.2, -0.15) is 30.7 Å². The molecule has 0 aliphatic carbocycles. The van der Waals surface area contributed by atoms with Gasteiger partial charge in [0.05, 0.1) is 11.4 Å². The summed E-state index contributed by atoms with van der Waals surface area (Å²) in [5.74, 6) is -5.46. The Morgan fingerprint density at radius 1 is 1.07 bits per heavy atom. The first-order chi connectivity index (χ1) is 12.4. The summed E-state index contributed by atoms with van der Waals surface area (Å²) >= 11 is 0. The van der Waals surface area contributed by atoms with E-state index in [1.54, 1.807) is 0 Å². The number of allylic oxidation sites excluding steroid dienone is 1. The summed E-state index contributed by atoms with van der Waals surface area (Å²) in [6.45, 7) is -3.82. The number of alkyl halides is 7. The Balaban J connectivity index is 0.000000596. The molecule has 148 valence electrons. The van der Waals surface area contributed by atoms with Gasteiger partial charge >= 0.3 is 18.7 Å². The summed E-state index contributed by atoms with van der Waals surface area (Å²) in [5, 5.41) is 7.72. The number of rotatable bonds is 2. The number of fused-ring (bicyclic) bond motifs is 1. The van der Waals surface area contributed by atoms with Crippen molar-refractivity contribution < 1.29 is 40.2 Å². The highest BCUT2D eigenvalue weighted by molar-refractivity contribution is 5.80. The van der Waals surface area contributed by atoms with E-state index in [1.165, 1.54) is 12.1 Å². The fraction of sp³-hybridized carbons (Fsp3) is 0.267. The standard InChI is InChI=1S/C14H9F6N3.CH2F2O/c15-9-3-1-8(2-4-9)11-5-12-10(6-22-23(12)7-21-11)13(16,17)14(18,19)20;2-1(3)4/h1-5,7,22H,6H2;1,4H. The van der Waals surface area contributed by atoms with Crippen LogP contribution in [0, 0.1) is 5.82 Å². The van der Waals surface area contributed by atoms with Crippen molar-refractivity contribution in [2.45, 2.75) is 18.7 Å². The number of aliphatic hydroxyl groups excluding tert-OH is 1. The number of hydrazine groups is 1. The summed E-state index contributed by atoms with van der Waals surface area (Å²) in [6.07, 6.45) is -3.47. The van der Waals surface area contributed by atoms with Gasteiger partial charge in [-0.05, 0) is 30.3 Å². The van der Waals surface area contributed by atoms with Crippen LogP contribution in [-0.4, -0.2) is 41.7 Å². The molecule has 0 radical (unpaired) electrons. The van der Waals surface area contributed by atoms with Gasteiger partial charge in [-0.1, -0.05) is 0 Å². The largest absolute Gasteiger partial charge is 0.457 e. The molecule has 2 aliphatic rings. The Morgan fingerprint density at radius 3 is 2.15 bits per heavy atom. The van der Waals surface area contributed by atoms with E-state index >= 15 is 0 Å². The van der Waals surface area contributed by atoms with Crippen LogP contribution in [0.25, 0.3) is 5.70 Å². The molecule has 0 amide bonds. The first kappa shape index (κ1) is 20.8. The average molecular weight is 401 g/mol. The van der Waals surface area contributed by atoms with Gasteiger partial charge in [-0.3, -0.25) is 5.01 Å². The lowest BCUT2D eigenvalue weighted by molar-refractivity contribution is -0.264. The predicted octanol–water partition coefficient (Wildman–Crippen LogP) is 3.68. The van der Waals surface area contributed by atoms with Crippen LogP contribution in [-0.2, 0) is 0 Å². The molecule has 2 N–H and O–H groups in total. The highest BCUT2D eigenvalue weighted by atomic mass is 19.4. The quantitative estimate of drug-likeness (QED) is 0.744. The van der Waals surface area contributed by atoms with Crippen LogP contribution in [0.4, 0.5) is 35.1 Å². The van der Waals surface area contributed by atoms with E-state index in [0.29, 0.717) is 5.56 Å². The van der Waals surface area contributed by atoms with Crippen LogP contribution in [0.1, 0.15) is 5.56 Å². The maximum atomic E-state index is 13.6. The summed E-state index contributed by atoms with van der Waals surface area (Å²) in [6, 6.07) is 5.01. The fourth-order valence-electron chi connectivity index (χ4n) is 2.25. The monoisotopic (exact) mass is 401 g/mol. The van der Waals surface area contributed by atoms with E-state index in [0.717, 1.165) is 29.6 Å². The lowest BCUT2D eigenvalue weighted by Crippen LogP contribution is -2.39. The molecular formula is C15H11F8N3O. The van der Waals surface area contributed by atoms with Crippen LogP contribution in [0.5, 0.6) is 0 Å². The second-order valence-electron chi connectivity index (χ2n) is 5.20. The average Bonchev–Trinajstić information content (AvgIpc) is 2.97. The van der Waals surface area contributed by atoms with Crippen LogP contribution in [0.2, 0.25) is 0 Å². The molecule has 0 saturated carbocycles. The fourth-order valence-corrected chi connectivity index (χ4v) is 2.25. The van der Waals surface area contributed by atoms with E-state index < -0.39 is 36.6 Å². The minimum atomic E-state index is -5.69. The van der Waals surface area contributed by atoms with Gasteiger partial charge in [0.25, 0.3) is 0 Å². The maximum absolute atomic E-state index is 13.6. The lowest BCUT2D eigenvalue weighted by atomic mass is 10.0. The van der Waals surface area contributed by atoms with Crippen LogP contribution in [0.15, 0.2) is 46.6 Å². The summed E-state index contributed by atoms with van der Waals surface area (Å²) < 4.78 is 97.7. The zero-order chi connectivity index (χ0) is 20.4. The number of aliphatic imine (C=N–C) groups is 1. The maximum Gasteiger partial charge on any atom is 0.457 e. The van der Waals surface area contributed by atoms with Gasteiger partial charge in [0.15, 0.2) is 0 Å². The van der Waals surface area contributed by atoms with E-state index in [4.69, 9.17) is 5.11 Å². The van der Waals surface area contributed by atoms with E-state index in [-0.39, 0.29) is 11.4 Å². The van der Waals surface area contributed by atoms with E-state index in [2.05, 4.69) is 10.4 Å². The molecule has 0 aromatic heterocycles. The van der Waals surface area contributed by atoms with Gasteiger partial charge in [0.1, 0.15) is 12.2 Å². The Labute approximate surface area is 147 Å². The molecule has 2 aliphatic heterocycles. The van der Waals surface area contributed by atoms with Crippen molar-refractivity contribution in [2.24, 2.45) is 4.99 Å². The van der Waals surface area contributed by atoms with Crippen molar-refractivity contribution in [3.63, 3.8) is 0 Å². The van der Waals surface area contributed by atoms with E-state index in [9.17, 15) is 35.1 Å². The molecular weight excluding hydrogens is 390 g/mol. The molecule has 1 aromatic rings. The van der Waals surface area contributed by atoms with Gasteiger partial charge in [0.2, 0.25) is 0 Å². The molecule has 27 heavy (non-hydrogen) atoms. The number of hydrogen-bond donors (Lipinski definition) is 2. The molecule has 0 spiro atoms. The Morgan fingerprint density at radius 2 is 1.63 bits per heavy atom. The summed E-state index contributed by atoms with van der Waals surface area (Å²) in [4.78, 5) is 3.97. The third kappa shape index (κ3) is 4.63. The summed E-state index contributed by atoms with van der Waals surface area (Å²) in [5.41, 5.74) is 1.55. The molecule has 0 unspecified atom stereocenters. The second kappa shape index (κ2) is 7.64. The molecule has 3 rings (SSSR count). The number of nitrogens with one attached hydrogen (secondary N) is 1. The highest BCUT2D eigenvalue weighted by Gasteiger charge is 2.61. The Kier molecular flexibility index (Phi) is 5.90. The van der Waals surface area contributed by atoms with Gasteiger partial charge in [-0.25, -0.2) is 14.8 Å². The summed E-state index contributed by atoms with van der Waals surface area (Å²) in [7, 11) is 0. The SMILES string of the molecule is Fc1ccc(C2=CC3=C(C(F)(F)C(F)(F)F)CNN3C=N2)cc1.OC(F)F. The Bertz CT molecular complexity index is 766. The van der Waals surface area contributed by atoms with Crippen LogP contribution < -0.4 is 5.43 Å². The predicted molar refractivity (Wildman–Crippen MR) is 79.0 cm³/mol. The minimum absolute atomic E-state index is 0.162. The van der Waals surface area contributed by atoms with Crippen molar-refractivity contribution in [3.8, 4) is 0 Å². The number of aliphatic hydroxyl groups is 1. The zero-order valence-electron chi connectivity index (χ0n) is 13.1. The van der Waals surface area contributed by atoms with Crippen molar-refractivity contribution in [1.82, 2.24) is 10.4 Å². The van der Waals surface area contributed by atoms with E-state index in [1.807, 2.05) is 0 Å². The van der Waals surface area contributed by atoms with Gasteiger partial charge in [-0.15, -0.1) is 0 Å². The van der Waals surface area contributed by atoms with Crippen molar-refractivity contribution in [2.75, 3.05) is 6.54 Å². The first-order valence-corrected chi connectivity index (χ1v) is 7.12. The normalized spacial score (nSPS) is 17.0. The van der Waals surface area contributed by atoms with Crippen molar-refractivity contribution in [1.29, 1.82) is 0 Å². The van der Waals surface area contributed by atoms with Crippen LogP contribution >= 0.6 is 0 Å². The van der Waals surface area contributed by atoms with Crippen molar-refractivity contribution >= 4 is 12.0 Å². The molecule has 0 fully saturated rings. The van der Waals surface area contributed by atoms with Gasteiger partial charge in [0, 0.05) is 17.7 Å². The Hall–Kier alpha value is -2.47. The molecule has 1 aromatic carbocycles. The molecule has 0 atom stereocenters. The zero-order valence-corrected chi connectivity index (χ0v) is 13.1. The molecule has 4 nitrogen and oxygen atoms in total. The lowest BCUT2D eigenvalue weighted by Gasteiger charge is -2.23. The topological polar surface area (TPSA) is 47.9 Å². The number of benzene rings is 1. The van der Waals surface area contributed by atoms with Crippen LogP contribution in [0.3, 0.4) is 0 Å².